The Bertz CT molecular complexity index is 624. The second kappa shape index (κ2) is 5.29. The number of hydrogen-bond donors (Lipinski definition) is 0. The minimum absolute atomic E-state index is 0.0337. The second-order valence-corrected chi connectivity index (χ2v) is 5.88. The van der Waals surface area contributed by atoms with Crippen LogP contribution < -0.4 is 4.90 Å². The normalized spacial score (nSPS) is 18.6. The Balaban J connectivity index is 1.96. The van der Waals surface area contributed by atoms with E-state index in [9.17, 15) is 9.18 Å². The van der Waals surface area contributed by atoms with Crippen LogP contribution in [0.2, 0.25) is 0 Å². The topological polar surface area (TPSA) is 20.3 Å². The van der Waals surface area contributed by atoms with Gasteiger partial charge in [-0.2, -0.15) is 0 Å². The molecule has 1 saturated heterocycles. The van der Waals surface area contributed by atoms with Crippen molar-refractivity contribution >= 4 is 23.4 Å². The third-order valence-corrected chi connectivity index (χ3v) is 4.55. The van der Waals surface area contributed by atoms with Crippen LogP contribution in [0.15, 0.2) is 48.5 Å². The van der Waals surface area contributed by atoms with Crippen LogP contribution in [0.5, 0.6) is 0 Å². The van der Waals surface area contributed by atoms with Crippen LogP contribution >= 0.6 is 11.8 Å². The first-order chi connectivity index (χ1) is 9.65. The fraction of sp³-hybridized carbons (Fsp3) is 0.188. The summed E-state index contributed by atoms with van der Waals surface area (Å²) in [5, 5.41) is -0.0337. The number of hydrogen-bond acceptors (Lipinski definition) is 2. The van der Waals surface area contributed by atoms with Crippen molar-refractivity contribution in [3.05, 3.63) is 65.5 Å². The number of benzene rings is 2. The number of aryl methyl sites for hydroxylation is 1. The summed E-state index contributed by atoms with van der Waals surface area (Å²) in [6.45, 7) is 2.04. The monoisotopic (exact) mass is 287 g/mol. The number of anilines is 1. The van der Waals surface area contributed by atoms with Gasteiger partial charge in [0, 0.05) is 5.69 Å². The number of carbonyl (C=O) groups excluding carboxylic acids is 1. The second-order valence-electron chi connectivity index (χ2n) is 4.81. The zero-order chi connectivity index (χ0) is 14.1. The maximum Gasteiger partial charge on any atom is 0.238 e. The molecule has 0 spiro atoms. The molecule has 1 aliphatic heterocycles. The van der Waals surface area contributed by atoms with Gasteiger partial charge in [-0.3, -0.25) is 9.69 Å². The van der Waals surface area contributed by atoms with Crippen LogP contribution in [0.25, 0.3) is 0 Å². The Morgan fingerprint density at radius 2 is 1.75 bits per heavy atom. The number of nitrogens with zero attached hydrogens (tertiary/aromatic N) is 1. The molecule has 0 radical (unpaired) electrons. The summed E-state index contributed by atoms with van der Waals surface area (Å²) >= 11 is 1.60. The van der Waals surface area contributed by atoms with Gasteiger partial charge in [0.15, 0.2) is 0 Å². The molecule has 0 bridgehead atoms. The molecule has 0 saturated carbocycles. The number of thioether (sulfide) groups is 1. The molecule has 1 heterocycles. The molecular weight excluding hydrogens is 273 g/mol. The van der Waals surface area contributed by atoms with Crippen molar-refractivity contribution in [2.24, 2.45) is 0 Å². The van der Waals surface area contributed by atoms with E-state index in [-0.39, 0.29) is 17.1 Å². The molecular formula is C16H14FNOS. The summed E-state index contributed by atoms with van der Waals surface area (Å²) in [5.41, 5.74) is 3.03. The van der Waals surface area contributed by atoms with Crippen molar-refractivity contribution in [2.75, 3.05) is 10.7 Å². The fourth-order valence-electron chi connectivity index (χ4n) is 2.28. The van der Waals surface area contributed by atoms with Gasteiger partial charge in [-0.1, -0.05) is 29.8 Å². The highest BCUT2D eigenvalue weighted by molar-refractivity contribution is 8.00. The highest BCUT2D eigenvalue weighted by Gasteiger charge is 2.33. The lowest BCUT2D eigenvalue weighted by atomic mass is 10.1. The number of carbonyl (C=O) groups is 1. The summed E-state index contributed by atoms with van der Waals surface area (Å²) < 4.78 is 13.0. The third kappa shape index (κ3) is 2.43. The molecule has 3 rings (SSSR count). The van der Waals surface area contributed by atoms with Crippen molar-refractivity contribution < 1.29 is 9.18 Å². The van der Waals surface area contributed by atoms with Gasteiger partial charge in [-0.05, 0) is 36.8 Å². The van der Waals surface area contributed by atoms with E-state index in [4.69, 9.17) is 0 Å². The molecule has 102 valence electrons. The summed E-state index contributed by atoms with van der Waals surface area (Å²) in [4.78, 5) is 13.9. The van der Waals surface area contributed by atoms with E-state index < -0.39 is 0 Å². The maximum absolute atomic E-state index is 13.0. The van der Waals surface area contributed by atoms with Crippen LogP contribution in [-0.2, 0) is 4.79 Å². The van der Waals surface area contributed by atoms with Crippen LogP contribution in [0, 0.1) is 12.7 Å². The summed E-state index contributed by atoms with van der Waals surface area (Å²) in [6, 6.07) is 14.3. The van der Waals surface area contributed by atoms with E-state index in [1.54, 1.807) is 28.8 Å². The smallest absolute Gasteiger partial charge is 0.238 e. The molecule has 1 atom stereocenters. The molecule has 2 nitrogen and oxygen atoms in total. The standard InChI is InChI=1S/C16H14FNOS/c1-11-2-4-12(5-3-11)16-18(15(19)10-20-16)14-8-6-13(17)7-9-14/h2-9,16H,10H2,1H3. The summed E-state index contributed by atoms with van der Waals surface area (Å²) in [6.07, 6.45) is 0. The third-order valence-electron chi connectivity index (χ3n) is 3.34. The van der Waals surface area contributed by atoms with E-state index in [2.05, 4.69) is 0 Å². The van der Waals surface area contributed by atoms with Gasteiger partial charge < -0.3 is 0 Å². The van der Waals surface area contributed by atoms with Crippen molar-refractivity contribution in [3.63, 3.8) is 0 Å². The van der Waals surface area contributed by atoms with Gasteiger partial charge in [0.1, 0.15) is 11.2 Å². The number of halogens is 1. The summed E-state index contributed by atoms with van der Waals surface area (Å²) in [7, 11) is 0. The van der Waals surface area contributed by atoms with E-state index in [1.807, 2.05) is 31.2 Å². The Labute approximate surface area is 121 Å². The first-order valence-corrected chi connectivity index (χ1v) is 7.46. The predicted molar refractivity (Wildman–Crippen MR) is 80.3 cm³/mol. The van der Waals surface area contributed by atoms with Gasteiger partial charge in [-0.15, -0.1) is 11.8 Å². The van der Waals surface area contributed by atoms with E-state index in [0.717, 1.165) is 11.3 Å². The van der Waals surface area contributed by atoms with Gasteiger partial charge in [-0.25, -0.2) is 4.39 Å². The Morgan fingerprint density at radius 1 is 1.10 bits per heavy atom. The zero-order valence-corrected chi connectivity index (χ0v) is 11.9. The Hall–Kier alpha value is -1.81. The largest absolute Gasteiger partial charge is 0.295 e. The molecule has 1 fully saturated rings. The predicted octanol–water partition coefficient (Wildman–Crippen LogP) is 3.91. The fourth-order valence-corrected chi connectivity index (χ4v) is 3.46. The van der Waals surface area contributed by atoms with Crippen LogP contribution in [0.4, 0.5) is 10.1 Å². The SMILES string of the molecule is Cc1ccc(C2SCC(=O)N2c2ccc(F)cc2)cc1. The molecule has 4 heteroatoms. The van der Waals surface area contributed by atoms with Crippen LogP contribution in [-0.4, -0.2) is 11.7 Å². The van der Waals surface area contributed by atoms with Crippen LogP contribution in [0.3, 0.4) is 0 Å². The maximum atomic E-state index is 13.0. The lowest BCUT2D eigenvalue weighted by Gasteiger charge is -2.24. The Morgan fingerprint density at radius 3 is 2.40 bits per heavy atom. The highest BCUT2D eigenvalue weighted by Crippen LogP contribution is 2.41. The molecule has 0 aliphatic carbocycles. The molecule has 1 unspecified atom stereocenters. The van der Waals surface area contributed by atoms with Gasteiger partial charge in [0.2, 0.25) is 5.91 Å². The molecule has 0 N–H and O–H groups in total. The first kappa shape index (κ1) is 13.2. The highest BCUT2D eigenvalue weighted by atomic mass is 32.2. The van der Waals surface area contributed by atoms with E-state index in [0.29, 0.717) is 5.75 Å². The first-order valence-electron chi connectivity index (χ1n) is 6.41. The average molecular weight is 287 g/mol. The minimum atomic E-state index is -0.292. The number of amides is 1. The van der Waals surface area contributed by atoms with Crippen molar-refractivity contribution in [1.82, 2.24) is 0 Å². The lowest BCUT2D eigenvalue weighted by molar-refractivity contribution is -0.115. The zero-order valence-electron chi connectivity index (χ0n) is 11.0. The minimum Gasteiger partial charge on any atom is -0.295 e. The molecule has 1 amide bonds. The molecule has 0 aromatic heterocycles. The quantitative estimate of drug-likeness (QED) is 0.834. The van der Waals surface area contributed by atoms with Gasteiger partial charge in [0.05, 0.1) is 5.75 Å². The lowest BCUT2D eigenvalue weighted by Crippen LogP contribution is -2.27. The van der Waals surface area contributed by atoms with Gasteiger partial charge in [0.25, 0.3) is 0 Å². The molecule has 2 aromatic rings. The number of rotatable bonds is 2. The van der Waals surface area contributed by atoms with E-state index in [1.165, 1.54) is 17.7 Å². The van der Waals surface area contributed by atoms with Crippen molar-refractivity contribution in [3.8, 4) is 0 Å². The van der Waals surface area contributed by atoms with E-state index >= 15 is 0 Å². The molecule has 1 aliphatic rings. The average Bonchev–Trinajstić information content (AvgIpc) is 2.83. The van der Waals surface area contributed by atoms with Crippen molar-refractivity contribution in [2.45, 2.75) is 12.3 Å². The Kier molecular flexibility index (Phi) is 3.49. The molecule has 20 heavy (non-hydrogen) atoms. The van der Waals surface area contributed by atoms with Gasteiger partial charge >= 0.3 is 0 Å². The molecule has 2 aromatic carbocycles. The van der Waals surface area contributed by atoms with Crippen LogP contribution in [0.1, 0.15) is 16.5 Å². The summed E-state index contributed by atoms with van der Waals surface area (Å²) in [5.74, 6) is 0.225. The van der Waals surface area contributed by atoms with Crippen molar-refractivity contribution in [1.29, 1.82) is 0 Å².